The van der Waals surface area contributed by atoms with Crippen LogP contribution in [0.15, 0.2) is 18.2 Å². The number of hydrogen-bond acceptors (Lipinski definition) is 4. The minimum absolute atomic E-state index is 0.0970. The summed E-state index contributed by atoms with van der Waals surface area (Å²) in [6, 6.07) is 3.13. The molecule has 0 spiro atoms. The van der Waals surface area contributed by atoms with Crippen LogP contribution in [0.1, 0.15) is 25.3 Å². The highest BCUT2D eigenvalue weighted by Crippen LogP contribution is 2.40. The number of halogens is 2. The monoisotopic (exact) mass is 341 g/mol. The Morgan fingerprint density at radius 3 is 2.50 bits per heavy atom. The van der Waals surface area contributed by atoms with Crippen LogP contribution in [-0.2, 0) is 14.4 Å². The lowest BCUT2D eigenvalue weighted by atomic mass is 9.85. The van der Waals surface area contributed by atoms with Crippen molar-refractivity contribution in [1.29, 1.82) is 0 Å². The van der Waals surface area contributed by atoms with E-state index in [-0.39, 0.29) is 21.6 Å². The Morgan fingerprint density at radius 1 is 1.27 bits per heavy atom. The average molecular weight is 342 g/mol. The van der Waals surface area contributed by atoms with Crippen LogP contribution < -0.4 is 10.5 Å². The molecule has 0 bridgehead atoms. The number of hydrogen-bond donors (Lipinski definition) is 1. The number of amides is 1. The summed E-state index contributed by atoms with van der Waals surface area (Å²) in [5, 5.41) is 0.289. The van der Waals surface area contributed by atoms with Gasteiger partial charge in [-0.05, 0) is 42.2 Å². The van der Waals surface area contributed by atoms with Crippen LogP contribution in [0.2, 0.25) is 10.0 Å². The molecule has 0 heterocycles. The Balaban J connectivity index is 2.36. The molecule has 2 N–H and O–H groups in total. The fourth-order valence-electron chi connectivity index (χ4n) is 2.29. The van der Waals surface area contributed by atoms with Crippen molar-refractivity contribution in [3.8, 4) is 5.75 Å². The summed E-state index contributed by atoms with van der Waals surface area (Å²) < 4.78 is 4.93. The number of allylic oxidation sites excluding steroid dienone is 2. The van der Waals surface area contributed by atoms with Crippen molar-refractivity contribution >= 4 is 46.4 Å². The molecule has 2 rings (SSSR count). The fourth-order valence-corrected chi connectivity index (χ4v) is 2.78. The van der Waals surface area contributed by atoms with E-state index < -0.39 is 17.8 Å². The van der Waals surface area contributed by atoms with E-state index in [1.165, 1.54) is 19.1 Å². The van der Waals surface area contributed by atoms with Gasteiger partial charge in [-0.3, -0.25) is 14.4 Å². The third-order valence-electron chi connectivity index (χ3n) is 3.35. The smallest absolute Gasteiger partial charge is 0.308 e. The molecule has 0 saturated heterocycles. The molecule has 1 aromatic carbocycles. The zero-order valence-corrected chi connectivity index (χ0v) is 13.2. The molecule has 0 aromatic heterocycles. The maximum absolute atomic E-state index is 11.9. The van der Waals surface area contributed by atoms with Crippen LogP contribution in [0.25, 0.3) is 5.57 Å². The fraction of sp³-hybridized carbons (Fsp3) is 0.267. The van der Waals surface area contributed by atoms with E-state index >= 15 is 0 Å². The molecule has 0 aliphatic heterocycles. The van der Waals surface area contributed by atoms with Crippen molar-refractivity contribution in [2.75, 3.05) is 0 Å². The molecule has 1 aliphatic rings. The van der Waals surface area contributed by atoms with Gasteiger partial charge in [-0.25, -0.2) is 0 Å². The predicted molar refractivity (Wildman–Crippen MR) is 82.7 cm³/mol. The van der Waals surface area contributed by atoms with Gasteiger partial charge < -0.3 is 10.5 Å². The number of nitrogens with two attached hydrogens (primary N) is 1. The van der Waals surface area contributed by atoms with E-state index in [9.17, 15) is 14.4 Å². The van der Waals surface area contributed by atoms with E-state index in [0.29, 0.717) is 24.0 Å². The van der Waals surface area contributed by atoms with Crippen LogP contribution in [0.3, 0.4) is 0 Å². The maximum atomic E-state index is 11.9. The Bertz CT molecular complexity index is 697. The van der Waals surface area contributed by atoms with Crippen molar-refractivity contribution < 1.29 is 19.1 Å². The van der Waals surface area contributed by atoms with E-state index in [0.717, 1.165) is 0 Å². The number of ketones is 1. The third-order valence-corrected chi connectivity index (χ3v) is 4.22. The second kappa shape index (κ2) is 6.50. The van der Waals surface area contributed by atoms with Gasteiger partial charge in [-0.1, -0.05) is 23.2 Å². The molecular formula is C15H13Cl2NO4. The van der Waals surface area contributed by atoms with Gasteiger partial charge >= 0.3 is 5.97 Å². The largest absolute Gasteiger partial charge is 0.425 e. The van der Waals surface area contributed by atoms with E-state index in [2.05, 4.69) is 0 Å². The molecule has 1 aromatic rings. The Morgan fingerprint density at radius 2 is 1.95 bits per heavy atom. The molecule has 1 amide bonds. The summed E-state index contributed by atoms with van der Waals surface area (Å²) in [6.45, 7) is 1.25. The molecule has 7 heteroatoms. The number of esters is 1. The SMILES string of the molecule is CC(=O)Oc1ccc(C2=CC(=O)C(C(N)=O)CC2)c(Cl)c1Cl. The van der Waals surface area contributed by atoms with Crippen LogP contribution >= 0.6 is 23.2 Å². The van der Waals surface area contributed by atoms with Gasteiger partial charge in [0.2, 0.25) is 5.91 Å². The molecule has 1 aliphatic carbocycles. The van der Waals surface area contributed by atoms with Gasteiger partial charge in [0.05, 0.1) is 5.02 Å². The Kier molecular flexibility index (Phi) is 4.88. The van der Waals surface area contributed by atoms with Gasteiger partial charge in [-0.15, -0.1) is 0 Å². The second-order valence-corrected chi connectivity index (χ2v) is 5.65. The standard InChI is InChI=1S/C15H13Cl2NO4/c1-7(19)22-12-5-4-9(13(16)14(12)17)8-2-3-10(15(18)21)11(20)6-8/h4-6,10H,2-3H2,1H3,(H2,18,21). The molecule has 1 unspecified atom stereocenters. The molecule has 116 valence electrons. The number of carbonyl (C=O) groups excluding carboxylic acids is 3. The first-order chi connectivity index (χ1) is 10.3. The highest BCUT2D eigenvalue weighted by Gasteiger charge is 2.28. The lowest BCUT2D eigenvalue weighted by molar-refractivity contribution is -0.132. The van der Waals surface area contributed by atoms with Crippen LogP contribution in [0.5, 0.6) is 5.75 Å². The van der Waals surface area contributed by atoms with Crippen molar-refractivity contribution in [3.63, 3.8) is 0 Å². The maximum Gasteiger partial charge on any atom is 0.308 e. The zero-order valence-electron chi connectivity index (χ0n) is 11.7. The quantitative estimate of drug-likeness (QED) is 0.520. The highest BCUT2D eigenvalue weighted by molar-refractivity contribution is 6.44. The lowest BCUT2D eigenvalue weighted by Gasteiger charge is -2.20. The minimum Gasteiger partial charge on any atom is -0.425 e. The molecule has 0 radical (unpaired) electrons. The topological polar surface area (TPSA) is 86.5 Å². The summed E-state index contributed by atoms with van der Waals surface area (Å²) in [5.74, 6) is -2.12. The second-order valence-electron chi connectivity index (χ2n) is 4.90. The normalized spacial score (nSPS) is 17.9. The average Bonchev–Trinajstić information content (AvgIpc) is 2.43. The first-order valence-corrected chi connectivity index (χ1v) is 7.27. The van der Waals surface area contributed by atoms with Gasteiger partial charge in [0, 0.05) is 6.92 Å². The summed E-state index contributed by atoms with van der Waals surface area (Å²) in [7, 11) is 0. The van der Waals surface area contributed by atoms with E-state index in [1.54, 1.807) is 6.07 Å². The van der Waals surface area contributed by atoms with Crippen LogP contribution in [0, 0.1) is 5.92 Å². The summed E-state index contributed by atoms with van der Waals surface area (Å²) >= 11 is 12.3. The number of rotatable bonds is 3. The van der Waals surface area contributed by atoms with Crippen LogP contribution in [0.4, 0.5) is 0 Å². The van der Waals surface area contributed by atoms with Crippen LogP contribution in [-0.4, -0.2) is 17.7 Å². The summed E-state index contributed by atoms with van der Waals surface area (Å²) in [4.78, 5) is 34.0. The van der Waals surface area contributed by atoms with E-state index in [1.807, 2.05) is 0 Å². The zero-order chi connectivity index (χ0) is 16.4. The number of primary amides is 1. The molecule has 22 heavy (non-hydrogen) atoms. The highest BCUT2D eigenvalue weighted by atomic mass is 35.5. The van der Waals surface area contributed by atoms with Crippen molar-refractivity contribution in [3.05, 3.63) is 33.8 Å². The molecular weight excluding hydrogens is 329 g/mol. The van der Waals surface area contributed by atoms with Crippen molar-refractivity contribution in [1.82, 2.24) is 0 Å². The van der Waals surface area contributed by atoms with Gasteiger partial charge in [0.25, 0.3) is 0 Å². The Labute approximate surface area is 137 Å². The third kappa shape index (κ3) is 3.31. The number of ether oxygens (including phenoxy) is 1. The molecule has 0 fully saturated rings. The lowest BCUT2D eigenvalue weighted by Crippen LogP contribution is -2.31. The van der Waals surface area contributed by atoms with Gasteiger partial charge in [-0.2, -0.15) is 0 Å². The summed E-state index contributed by atoms with van der Waals surface area (Å²) in [5.41, 5.74) is 6.42. The molecule has 5 nitrogen and oxygen atoms in total. The van der Waals surface area contributed by atoms with Crippen molar-refractivity contribution in [2.45, 2.75) is 19.8 Å². The number of benzene rings is 1. The first-order valence-electron chi connectivity index (χ1n) is 6.51. The van der Waals surface area contributed by atoms with Gasteiger partial charge in [0.1, 0.15) is 10.9 Å². The summed E-state index contributed by atoms with van der Waals surface area (Å²) in [6.07, 6.45) is 2.17. The molecule has 0 saturated carbocycles. The van der Waals surface area contributed by atoms with E-state index in [4.69, 9.17) is 33.7 Å². The predicted octanol–water partition coefficient (Wildman–Crippen LogP) is 2.77. The number of carbonyl (C=O) groups is 3. The molecule has 1 atom stereocenters. The van der Waals surface area contributed by atoms with Gasteiger partial charge in [0.15, 0.2) is 11.5 Å². The van der Waals surface area contributed by atoms with Crippen molar-refractivity contribution in [2.24, 2.45) is 11.7 Å². The Hall–Kier alpha value is -1.85. The minimum atomic E-state index is -0.793. The first kappa shape index (κ1) is 16.5.